The van der Waals surface area contributed by atoms with Gasteiger partial charge in [0.1, 0.15) is 12.4 Å². The number of anilines is 1. The van der Waals surface area contributed by atoms with Crippen molar-refractivity contribution in [2.24, 2.45) is 0 Å². The van der Waals surface area contributed by atoms with Crippen LogP contribution in [0.5, 0.6) is 0 Å². The van der Waals surface area contributed by atoms with E-state index in [1.165, 1.54) is 0 Å². The van der Waals surface area contributed by atoms with Gasteiger partial charge in [0, 0.05) is 37.1 Å². The molecule has 1 aliphatic rings. The van der Waals surface area contributed by atoms with Gasteiger partial charge in [0.2, 0.25) is 11.8 Å². The number of nitrogens with zero attached hydrogens (tertiary/aromatic N) is 2. The molecule has 2 heterocycles. The largest absolute Gasteiger partial charge is 0.383 e. The number of aromatic nitrogens is 2. The van der Waals surface area contributed by atoms with Gasteiger partial charge in [-0.25, -0.2) is 4.68 Å². The molecule has 3 rings (SSSR count). The van der Waals surface area contributed by atoms with Gasteiger partial charge in [-0.2, -0.15) is 16.9 Å². The van der Waals surface area contributed by atoms with Crippen LogP contribution in [0.1, 0.15) is 23.2 Å². The summed E-state index contributed by atoms with van der Waals surface area (Å²) in [4.78, 5) is 24.6. The van der Waals surface area contributed by atoms with E-state index in [1.54, 1.807) is 23.6 Å². The van der Waals surface area contributed by atoms with Crippen molar-refractivity contribution in [1.29, 1.82) is 0 Å². The van der Waals surface area contributed by atoms with Gasteiger partial charge in [0.15, 0.2) is 0 Å². The van der Waals surface area contributed by atoms with E-state index in [0.717, 1.165) is 28.3 Å². The van der Waals surface area contributed by atoms with Gasteiger partial charge in [0.25, 0.3) is 0 Å². The summed E-state index contributed by atoms with van der Waals surface area (Å²) in [5.41, 5.74) is 3.10. The van der Waals surface area contributed by atoms with Gasteiger partial charge < -0.3 is 15.4 Å². The summed E-state index contributed by atoms with van der Waals surface area (Å²) in [6.07, 6.45) is 1.06. The van der Waals surface area contributed by atoms with Gasteiger partial charge in [-0.3, -0.25) is 9.59 Å². The molecule has 7 nitrogen and oxygen atoms in total. The minimum atomic E-state index is -0.152. The maximum atomic E-state index is 12.5. The lowest BCUT2D eigenvalue weighted by molar-refractivity contribution is -0.122. The number of thioether (sulfide) groups is 1. The molecule has 0 aliphatic carbocycles. The van der Waals surface area contributed by atoms with Crippen LogP contribution in [-0.4, -0.2) is 41.9 Å². The van der Waals surface area contributed by atoms with Crippen molar-refractivity contribution in [1.82, 2.24) is 15.1 Å². The Morgan fingerprint density at radius 1 is 1.22 bits per heavy atom. The fraction of sp³-hybridized carbons (Fsp3) is 0.421. The number of hydrogen-bond donors (Lipinski definition) is 2. The maximum absolute atomic E-state index is 12.5. The number of nitrogens with one attached hydrogen (secondary N) is 2. The predicted octanol–water partition coefficient (Wildman–Crippen LogP) is 1.96. The van der Waals surface area contributed by atoms with E-state index in [0.29, 0.717) is 31.8 Å². The van der Waals surface area contributed by atoms with E-state index in [2.05, 4.69) is 15.7 Å². The first-order valence-corrected chi connectivity index (χ1v) is 10.1. The van der Waals surface area contributed by atoms with Gasteiger partial charge in [-0.15, -0.1) is 0 Å². The molecule has 0 spiro atoms. The van der Waals surface area contributed by atoms with Crippen molar-refractivity contribution >= 4 is 29.4 Å². The van der Waals surface area contributed by atoms with Crippen molar-refractivity contribution in [3.05, 3.63) is 47.2 Å². The van der Waals surface area contributed by atoms with Gasteiger partial charge in [0.05, 0.1) is 12.3 Å². The van der Waals surface area contributed by atoms with Crippen molar-refractivity contribution < 1.29 is 14.3 Å². The van der Waals surface area contributed by atoms with Crippen molar-refractivity contribution in [3.63, 3.8) is 0 Å². The number of methoxy groups -OCH3 is 1. The number of benzene rings is 1. The van der Waals surface area contributed by atoms with Crippen LogP contribution in [0, 0.1) is 0 Å². The zero-order chi connectivity index (χ0) is 19.1. The summed E-state index contributed by atoms with van der Waals surface area (Å²) in [6, 6.07) is 9.91. The molecule has 0 bridgehead atoms. The number of rotatable bonds is 9. The molecule has 144 valence electrons. The smallest absolute Gasteiger partial charge is 0.241 e. The Kier molecular flexibility index (Phi) is 6.89. The molecule has 2 aromatic rings. The lowest BCUT2D eigenvalue weighted by Gasteiger charge is -2.11. The molecule has 8 heteroatoms. The highest BCUT2D eigenvalue weighted by Gasteiger charge is 2.24. The highest BCUT2D eigenvalue weighted by Crippen LogP contribution is 2.34. The molecule has 0 atom stereocenters. The van der Waals surface area contributed by atoms with E-state index in [-0.39, 0.29) is 18.4 Å². The topological polar surface area (TPSA) is 85.2 Å². The average Bonchev–Trinajstić information content (AvgIpc) is 3.24. The first-order valence-electron chi connectivity index (χ1n) is 8.93. The Balaban J connectivity index is 1.63. The molecular formula is C19H24N4O3S. The Morgan fingerprint density at radius 2 is 2.04 bits per heavy atom. The molecule has 27 heavy (non-hydrogen) atoms. The highest BCUT2D eigenvalue weighted by molar-refractivity contribution is 7.98. The normalized spacial score (nSPS) is 12.6. The van der Waals surface area contributed by atoms with Crippen LogP contribution in [-0.2, 0) is 38.8 Å². The minimum Gasteiger partial charge on any atom is -0.383 e. The van der Waals surface area contributed by atoms with E-state index < -0.39 is 0 Å². The molecule has 2 amide bonds. The maximum Gasteiger partial charge on any atom is 0.241 e. The zero-order valence-corrected chi connectivity index (χ0v) is 16.2. The van der Waals surface area contributed by atoms with E-state index in [1.807, 2.05) is 30.3 Å². The molecule has 1 aromatic heterocycles. The predicted molar refractivity (Wildman–Crippen MR) is 106 cm³/mol. The number of aryl methyl sites for hydroxylation is 1. The summed E-state index contributed by atoms with van der Waals surface area (Å²) in [5.74, 6) is 2.03. The Hall–Kier alpha value is -2.32. The van der Waals surface area contributed by atoms with Crippen LogP contribution >= 0.6 is 11.8 Å². The van der Waals surface area contributed by atoms with Crippen molar-refractivity contribution in [2.45, 2.75) is 30.9 Å². The van der Waals surface area contributed by atoms with Gasteiger partial charge >= 0.3 is 0 Å². The summed E-state index contributed by atoms with van der Waals surface area (Å²) in [5, 5.41) is 10.3. The molecule has 0 fully saturated rings. The third kappa shape index (κ3) is 5.33. The fourth-order valence-electron chi connectivity index (χ4n) is 2.90. The van der Waals surface area contributed by atoms with Crippen LogP contribution < -0.4 is 10.6 Å². The standard InChI is InChI=1S/C19H24N4O3S/c1-26-10-9-20-18(25)11-23-19(15-12-27-13-16(15)22-23)21-17(24)8-7-14-5-3-2-4-6-14/h2-6H,7-13H2,1H3,(H,20,25)(H,21,24). The minimum absolute atomic E-state index is 0.0699. The van der Waals surface area contributed by atoms with Gasteiger partial charge in [-0.05, 0) is 12.0 Å². The molecule has 0 saturated carbocycles. The van der Waals surface area contributed by atoms with E-state index >= 15 is 0 Å². The lowest BCUT2D eigenvalue weighted by Crippen LogP contribution is -2.31. The second-order valence-electron chi connectivity index (χ2n) is 6.30. The zero-order valence-electron chi connectivity index (χ0n) is 15.4. The van der Waals surface area contributed by atoms with Crippen LogP contribution in [0.4, 0.5) is 5.82 Å². The number of fused-ring (bicyclic) bond motifs is 1. The quantitative estimate of drug-likeness (QED) is 0.642. The summed E-state index contributed by atoms with van der Waals surface area (Å²) in [6.45, 7) is 0.988. The van der Waals surface area contributed by atoms with Crippen LogP contribution in [0.25, 0.3) is 0 Å². The summed E-state index contributed by atoms with van der Waals surface area (Å²) in [7, 11) is 1.59. The average molecular weight is 388 g/mol. The van der Waals surface area contributed by atoms with E-state index in [4.69, 9.17) is 4.74 Å². The molecule has 1 aromatic carbocycles. The molecule has 0 saturated heterocycles. The number of hydrogen-bond acceptors (Lipinski definition) is 5. The molecule has 2 N–H and O–H groups in total. The van der Waals surface area contributed by atoms with Crippen LogP contribution in [0.15, 0.2) is 30.3 Å². The molecular weight excluding hydrogens is 364 g/mol. The molecule has 0 unspecified atom stereocenters. The number of amides is 2. The molecule has 0 radical (unpaired) electrons. The van der Waals surface area contributed by atoms with Crippen LogP contribution in [0.2, 0.25) is 0 Å². The Bertz CT molecular complexity index is 792. The summed E-state index contributed by atoms with van der Waals surface area (Å²) < 4.78 is 6.54. The summed E-state index contributed by atoms with van der Waals surface area (Å²) >= 11 is 1.76. The number of carbonyl (C=O) groups is 2. The SMILES string of the molecule is COCCNC(=O)Cn1nc2c(c1NC(=O)CCc1ccccc1)CSC2. The monoisotopic (exact) mass is 388 g/mol. The first-order chi connectivity index (χ1) is 13.2. The van der Waals surface area contributed by atoms with Crippen molar-refractivity contribution in [3.8, 4) is 0 Å². The first kappa shape index (κ1) is 19.4. The second kappa shape index (κ2) is 9.57. The Morgan fingerprint density at radius 3 is 2.81 bits per heavy atom. The highest BCUT2D eigenvalue weighted by atomic mass is 32.2. The lowest BCUT2D eigenvalue weighted by atomic mass is 10.1. The second-order valence-corrected chi connectivity index (χ2v) is 7.29. The van der Waals surface area contributed by atoms with Crippen LogP contribution in [0.3, 0.4) is 0 Å². The molecule has 1 aliphatic heterocycles. The number of carbonyl (C=O) groups excluding carboxylic acids is 2. The van der Waals surface area contributed by atoms with Crippen molar-refractivity contribution in [2.75, 3.05) is 25.6 Å². The Labute approximate surface area is 162 Å². The van der Waals surface area contributed by atoms with E-state index in [9.17, 15) is 9.59 Å². The fourth-order valence-corrected chi connectivity index (χ4v) is 3.94. The third-order valence-corrected chi connectivity index (χ3v) is 5.25. The third-order valence-electron chi connectivity index (χ3n) is 4.28. The van der Waals surface area contributed by atoms with Gasteiger partial charge in [-0.1, -0.05) is 30.3 Å². The number of ether oxygens (including phenoxy) is 1.